The normalized spacial score (nSPS) is 24.1. The Kier molecular flexibility index (Phi) is 29.1. The van der Waals surface area contributed by atoms with Gasteiger partial charge in [-0.25, -0.2) is 0 Å². The van der Waals surface area contributed by atoms with Gasteiger partial charge in [-0.05, 0) is 25.7 Å². The zero-order valence-electron chi connectivity index (χ0n) is 20.6. The minimum absolute atomic E-state index is 0. The molecule has 0 aliphatic carbocycles. The molecule has 2 aliphatic heterocycles. The molecule has 0 N–H and O–H groups in total. The Morgan fingerprint density at radius 1 is 0.559 bits per heavy atom. The first-order valence-corrected chi connectivity index (χ1v) is 20.6. The molecule has 0 saturated carbocycles. The summed E-state index contributed by atoms with van der Waals surface area (Å²) in [6, 6.07) is 0. The third kappa shape index (κ3) is 19.1. The molecule has 0 aromatic carbocycles. The summed E-state index contributed by atoms with van der Waals surface area (Å²) >= 11 is 35.7. The van der Waals surface area contributed by atoms with E-state index in [1.807, 2.05) is 0 Å². The van der Waals surface area contributed by atoms with E-state index in [0.29, 0.717) is 0 Å². The maximum atomic E-state index is 4.95. The summed E-state index contributed by atoms with van der Waals surface area (Å²) in [5, 5.41) is 0. The maximum Gasteiger partial charge on any atom is 3.00 e. The van der Waals surface area contributed by atoms with Crippen LogP contribution in [0.4, 0.5) is 0 Å². The molecule has 34 heavy (non-hydrogen) atoms. The number of thiocarbonyl (C=S) groups is 2. The zero-order valence-corrected chi connectivity index (χ0v) is 30.7. The fourth-order valence-corrected chi connectivity index (χ4v) is 16.7. The molecule has 0 nitrogen and oxygen atoms in total. The minimum atomic E-state index is -0.562. The summed E-state index contributed by atoms with van der Waals surface area (Å²) in [5.74, 6) is 0. The third-order valence-corrected chi connectivity index (χ3v) is 19.0. The quantitative estimate of drug-likeness (QED) is 0.0827. The summed E-state index contributed by atoms with van der Waals surface area (Å²) < 4.78 is 2.32. The van der Waals surface area contributed by atoms with E-state index < -0.39 is 7.26 Å². The number of hydrogen-bond donors (Lipinski definition) is 0. The second-order valence-electron chi connectivity index (χ2n) is 8.10. The summed E-state index contributed by atoms with van der Waals surface area (Å²) in [4.78, 5) is 0. The molecule has 2 saturated heterocycles. The van der Waals surface area contributed by atoms with Crippen LogP contribution in [0.5, 0.6) is 0 Å². The van der Waals surface area contributed by atoms with Crippen molar-refractivity contribution in [3.05, 3.63) is 0 Å². The SMILES string of the molecule is CCCC[P+](CCCC)(CCCC)CCCC.S=C1SC([S-])C([S-])S1.S=C1SC([S-])C([S-])S1.[Ni+3]. The molecule has 2 aliphatic rings. The van der Waals surface area contributed by atoms with Crippen molar-refractivity contribution in [2.45, 2.75) is 97.4 Å². The Labute approximate surface area is 271 Å². The van der Waals surface area contributed by atoms with Crippen LogP contribution in [0.2, 0.25) is 0 Å². The Hall–Kier alpha value is 3.90. The van der Waals surface area contributed by atoms with Crippen LogP contribution in [-0.2, 0) is 67.0 Å². The molecule has 12 heteroatoms. The summed E-state index contributed by atoms with van der Waals surface area (Å²) in [5.41, 5.74) is 0. The average Bonchev–Trinajstić information content (AvgIpc) is 3.24. The number of unbranched alkanes of at least 4 members (excludes halogenated alkanes) is 4. The first-order valence-electron chi connectivity index (χ1n) is 11.9. The second kappa shape index (κ2) is 24.7. The Balaban J connectivity index is 0. The van der Waals surface area contributed by atoms with Crippen LogP contribution in [0.3, 0.4) is 0 Å². The zero-order chi connectivity index (χ0) is 25.3. The summed E-state index contributed by atoms with van der Waals surface area (Å²) in [6.45, 7) is 9.42. The van der Waals surface area contributed by atoms with Crippen LogP contribution in [0.1, 0.15) is 79.1 Å². The van der Waals surface area contributed by atoms with Gasteiger partial charge in [-0.3, -0.25) is 0 Å². The van der Waals surface area contributed by atoms with E-state index in [1.54, 1.807) is 24.6 Å². The molecule has 0 aromatic heterocycles. The maximum absolute atomic E-state index is 4.95. The third-order valence-electron chi connectivity index (χ3n) is 5.24. The molecule has 0 amide bonds. The number of rotatable bonds is 12. The molecule has 4 unspecified atom stereocenters. The monoisotopic (exact) mass is 713 g/mol. The van der Waals surface area contributed by atoms with Gasteiger partial charge in [0.05, 0.1) is 24.6 Å². The van der Waals surface area contributed by atoms with Gasteiger partial charge < -0.3 is 50.5 Å². The van der Waals surface area contributed by atoms with Crippen molar-refractivity contribution in [2.75, 3.05) is 24.6 Å². The second-order valence-corrected chi connectivity index (χ2v) is 22.8. The van der Waals surface area contributed by atoms with E-state index in [1.165, 1.54) is 98.4 Å². The van der Waals surface area contributed by atoms with Crippen LogP contribution in [0.25, 0.3) is 0 Å². The van der Waals surface area contributed by atoms with Gasteiger partial charge in [0.1, 0.15) is 7.06 Å². The molecule has 2 heterocycles. The van der Waals surface area contributed by atoms with Gasteiger partial charge in [0.2, 0.25) is 0 Å². The van der Waals surface area contributed by atoms with Crippen molar-refractivity contribution in [2.24, 2.45) is 0 Å². The number of thioether (sulfide) groups is 4. The van der Waals surface area contributed by atoms with Gasteiger partial charge in [-0.2, -0.15) is 0 Å². The van der Waals surface area contributed by atoms with Gasteiger partial charge >= 0.3 is 16.5 Å². The molecular formula is C22H40NiPS10. The van der Waals surface area contributed by atoms with E-state index >= 15 is 0 Å². The smallest absolute Gasteiger partial charge is 0.779 e. The Morgan fingerprint density at radius 3 is 0.882 bits per heavy atom. The van der Waals surface area contributed by atoms with E-state index in [9.17, 15) is 0 Å². The summed E-state index contributed by atoms with van der Waals surface area (Å²) in [7, 11) is -0.562. The fraction of sp³-hybridized carbons (Fsp3) is 0.909. The van der Waals surface area contributed by atoms with E-state index in [-0.39, 0.29) is 34.8 Å². The molecule has 4 atom stereocenters. The predicted molar refractivity (Wildman–Crippen MR) is 186 cm³/mol. The minimum Gasteiger partial charge on any atom is -0.779 e. The van der Waals surface area contributed by atoms with E-state index in [0.717, 1.165) is 7.06 Å². The predicted octanol–water partition coefficient (Wildman–Crippen LogP) is 9.20. The van der Waals surface area contributed by atoms with Gasteiger partial charge in [-0.1, -0.05) is 77.8 Å². The van der Waals surface area contributed by atoms with Crippen LogP contribution < -0.4 is 0 Å². The summed E-state index contributed by atoms with van der Waals surface area (Å²) in [6.07, 6.45) is 17.9. The first-order chi connectivity index (χ1) is 15.6. The standard InChI is InChI=1S/C16H36P.2C3H4S5.Ni/c1-5-9-13-17(14-10-6-2,15-11-7-3)16-12-8-4;2*4-1-2(5)8-3(6)7-1;/h5-16H2,1-4H3;2*1-2,4-5H;/q+1;;;+3/p-4. The van der Waals surface area contributed by atoms with E-state index in [2.05, 4.69) is 27.7 Å². The molecule has 0 aromatic rings. The number of hydrogen-bond acceptors (Lipinski definition) is 10. The van der Waals surface area contributed by atoms with E-state index in [4.69, 9.17) is 75.0 Å². The molecule has 203 valence electrons. The van der Waals surface area contributed by atoms with Crippen molar-refractivity contribution < 1.29 is 16.5 Å². The van der Waals surface area contributed by atoms with Crippen LogP contribution in [-0.4, -0.2) is 50.0 Å². The largest absolute Gasteiger partial charge is 3.00 e. The van der Waals surface area contributed by atoms with Crippen molar-refractivity contribution in [1.29, 1.82) is 0 Å². The van der Waals surface area contributed by atoms with Gasteiger partial charge in [-0.15, -0.1) is 65.4 Å². The van der Waals surface area contributed by atoms with Crippen molar-refractivity contribution >= 4 is 136 Å². The van der Waals surface area contributed by atoms with Crippen molar-refractivity contribution in [1.82, 2.24) is 0 Å². The van der Waals surface area contributed by atoms with Gasteiger partial charge in [0, 0.05) is 7.26 Å². The van der Waals surface area contributed by atoms with Crippen LogP contribution in [0, 0.1) is 0 Å². The molecule has 1 radical (unpaired) electrons. The van der Waals surface area contributed by atoms with Crippen LogP contribution in [0.15, 0.2) is 0 Å². The Morgan fingerprint density at radius 2 is 0.765 bits per heavy atom. The van der Waals surface area contributed by atoms with Crippen molar-refractivity contribution in [3.63, 3.8) is 0 Å². The first kappa shape index (κ1) is 40.0. The van der Waals surface area contributed by atoms with Gasteiger partial charge in [0.25, 0.3) is 0 Å². The van der Waals surface area contributed by atoms with Crippen molar-refractivity contribution in [3.8, 4) is 0 Å². The van der Waals surface area contributed by atoms with Crippen LogP contribution >= 0.6 is 78.7 Å². The Bertz CT molecular complexity index is 450. The average molecular weight is 715 g/mol. The molecule has 0 bridgehead atoms. The fourth-order valence-electron chi connectivity index (χ4n) is 3.30. The molecule has 2 rings (SSSR count). The topological polar surface area (TPSA) is 0 Å². The molecule has 0 spiro atoms. The van der Waals surface area contributed by atoms with Gasteiger partial charge in [0.15, 0.2) is 0 Å². The molecule has 2 fully saturated rings. The molecular weight excluding hydrogens is 675 g/mol.